The maximum Gasteiger partial charge on any atom is 0.112 e. The molecule has 1 aliphatic carbocycles. The third-order valence-electron chi connectivity index (χ3n) is 4.51. The molecule has 4 rings (SSSR count). The Morgan fingerprint density at radius 3 is 2.71 bits per heavy atom. The van der Waals surface area contributed by atoms with Gasteiger partial charge in [-0.05, 0) is 38.0 Å². The van der Waals surface area contributed by atoms with Crippen LogP contribution in [0, 0.1) is 6.92 Å². The van der Waals surface area contributed by atoms with Gasteiger partial charge in [-0.2, -0.15) is 0 Å². The number of hydrogen-bond acceptors (Lipinski definition) is 2. The number of aryl methyl sites for hydroxylation is 2. The fourth-order valence-corrected chi connectivity index (χ4v) is 3.05. The molecule has 3 nitrogen and oxygen atoms in total. The van der Waals surface area contributed by atoms with Gasteiger partial charge >= 0.3 is 0 Å². The van der Waals surface area contributed by atoms with Crippen molar-refractivity contribution in [1.82, 2.24) is 14.5 Å². The smallest absolute Gasteiger partial charge is 0.112 e. The van der Waals surface area contributed by atoms with Crippen LogP contribution in [-0.2, 0) is 7.05 Å². The molecule has 0 bridgehead atoms. The van der Waals surface area contributed by atoms with Crippen molar-refractivity contribution in [3.05, 3.63) is 48.0 Å². The van der Waals surface area contributed by atoms with E-state index in [9.17, 15) is 0 Å². The molecule has 2 aromatic heterocycles. The summed E-state index contributed by atoms with van der Waals surface area (Å²) in [7, 11) is 2.11. The summed E-state index contributed by atoms with van der Waals surface area (Å²) in [6, 6.07) is 10.6. The molecular formula is C18H19N3. The second kappa shape index (κ2) is 4.69. The molecule has 0 atom stereocenters. The molecule has 0 aliphatic heterocycles. The third kappa shape index (κ3) is 2.13. The lowest BCUT2D eigenvalue weighted by Crippen LogP contribution is -2.13. The zero-order valence-electron chi connectivity index (χ0n) is 12.5. The van der Waals surface area contributed by atoms with E-state index in [1.165, 1.54) is 36.0 Å². The molecular weight excluding hydrogens is 258 g/mol. The van der Waals surface area contributed by atoms with Gasteiger partial charge in [0.1, 0.15) is 5.82 Å². The van der Waals surface area contributed by atoms with Crippen LogP contribution in [0.15, 0.2) is 36.5 Å². The number of aromatic nitrogens is 3. The zero-order chi connectivity index (χ0) is 14.4. The fourth-order valence-electron chi connectivity index (χ4n) is 3.05. The molecule has 2 heterocycles. The zero-order valence-corrected chi connectivity index (χ0v) is 12.5. The highest BCUT2D eigenvalue weighted by Crippen LogP contribution is 2.36. The number of rotatable bonds is 2. The predicted molar refractivity (Wildman–Crippen MR) is 85.3 cm³/mol. The molecule has 0 amide bonds. The number of pyridine rings is 1. The molecule has 0 saturated heterocycles. The van der Waals surface area contributed by atoms with Crippen LogP contribution in [0.1, 0.15) is 36.7 Å². The maximum absolute atomic E-state index is 4.87. The van der Waals surface area contributed by atoms with Gasteiger partial charge in [-0.3, -0.25) is 4.98 Å². The first kappa shape index (κ1) is 12.6. The lowest BCUT2D eigenvalue weighted by Gasteiger charge is -2.24. The van der Waals surface area contributed by atoms with Gasteiger partial charge in [0.2, 0.25) is 0 Å². The highest BCUT2D eigenvalue weighted by atomic mass is 15.1. The highest BCUT2D eigenvalue weighted by molar-refractivity contribution is 5.83. The minimum atomic E-state index is 0.661. The van der Waals surface area contributed by atoms with Crippen LogP contribution in [0.25, 0.3) is 22.2 Å². The van der Waals surface area contributed by atoms with E-state index in [-0.39, 0.29) is 0 Å². The molecule has 106 valence electrons. The lowest BCUT2D eigenvalue weighted by atomic mass is 9.85. The van der Waals surface area contributed by atoms with Crippen molar-refractivity contribution < 1.29 is 0 Å². The van der Waals surface area contributed by atoms with Gasteiger partial charge in [0.15, 0.2) is 0 Å². The average molecular weight is 277 g/mol. The average Bonchev–Trinajstić information content (AvgIpc) is 2.78. The monoisotopic (exact) mass is 277 g/mol. The van der Waals surface area contributed by atoms with E-state index in [0.717, 1.165) is 16.9 Å². The van der Waals surface area contributed by atoms with Crippen LogP contribution in [0.4, 0.5) is 0 Å². The first-order valence-electron chi connectivity index (χ1n) is 7.62. The van der Waals surface area contributed by atoms with Crippen molar-refractivity contribution in [3.8, 4) is 11.3 Å². The number of imidazole rings is 1. The fraction of sp³-hybridized carbons (Fsp3) is 0.333. The van der Waals surface area contributed by atoms with Crippen molar-refractivity contribution in [2.75, 3.05) is 0 Å². The number of benzene rings is 1. The van der Waals surface area contributed by atoms with Gasteiger partial charge < -0.3 is 4.57 Å². The summed E-state index contributed by atoms with van der Waals surface area (Å²) < 4.78 is 2.19. The summed E-state index contributed by atoms with van der Waals surface area (Å²) in [6.45, 7) is 2.02. The highest BCUT2D eigenvalue weighted by Gasteiger charge is 2.24. The van der Waals surface area contributed by atoms with E-state index in [4.69, 9.17) is 4.98 Å². The van der Waals surface area contributed by atoms with Crippen LogP contribution in [-0.4, -0.2) is 14.5 Å². The van der Waals surface area contributed by atoms with Gasteiger partial charge in [-0.15, -0.1) is 0 Å². The quantitative estimate of drug-likeness (QED) is 0.702. The van der Waals surface area contributed by atoms with Gasteiger partial charge in [0.25, 0.3) is 0 Å². The Hall–Kier alpha value is -2.16. The third-order valence-corrected chi connectivity index (χ3v) is 4.51. The van der Waals surface area contributed by atoms with Crippen LogP contribution in [0.3, 0.4) is 0 Å². The molecule has 0 radical (unpaired) electrons. The Bertz CT molecular complexity index is 812. The number of hydrogen-bond donors (Lipinski definition) is 0. The number of fused-ring (bicyclic) bond motifs is 1. The molecule has 1 aliphatic rings. The van der Waals surface area contributed by atoms with Gasteiger partial charge in [-0.1, -0.05) is 18.6 Å². The summed E-state index contributed by atoms with van der Waals surface area (Å²) >= 11 is 0. The first-order valence-corrected chi connectivity index (χ1v) is 7.62. The van der Waals surface area contributed by atoms with E-state index in [0.29, 0.717) is 5.92 Å². The van der Waals surface area contributed by atoms with Crippen LogP contribution in [0.5, 0.6) is 0 Å². The second-order valence-corrected chi connectivity index (χ2v) is 6.08. The van der Waals surface area contributed by atoms with Crippen molar-refractivity contribution >= 4 is 10.9 Å². The van der Waals surface area contributed by atoms with Crippen molar-refractivity contribution in [1.29, 1.82) is 0 Å². The number of nitrogens with zero attached hydrogens (tertiary/aromatic N) is 3. The first-order chi connectivity index (χ1) is 10.2. The normalized spacial score (nSPS) is 15.3. The standard InChI is InChI=1S/C18H19N3/c1-12-6-7-14-10-15(8-9-16(14)19-12)17-11-21(2)18(20-17)13-4-3-5-13/h6-11,13H,3-5H2,1-2H3. The Balaban J connectivity index is 1.77. The largest absolute Gasteiger partial charge is 0.337 e. The second-order valence-electron chi connectivity index (χ2n) is 6.08. The summed E-state index contributed by atoms with van der Waals surface area (Å²) in [6.07, 6.45) is 6.06. The molecule has 1 aromatic carbocycles. The van der Waals surface area contributed by atoms with Crippen molar-refractivity contribution in [2.45, 2.75) is 32.1 Å². The van der Waals surface area contributed by atoms with Gasteiger partial charge in [0.05, 0.1) is 11.2 Å². The Morgan fingerprint density at radius 1 is 1.10 bits per heavy atom. The Kier molecular flexibility index (Phi) is 2.81. The van der Waals surface area contributed by atoms with E-state index in [2.05, 4.69) is 53.1 Å². The lowest BCUT2D eigenvalue weighted by molar-refractivity contribution is 0.393. The molecule has 3 aromatic rings. The minimum Gasteiger partial charge on any atom is -0.337 e. The van der Waals surface area contributed by atoms with Gasteiger partial charge in [0, 0.05) is 35.8 Å². The summed E-state index contributed by atoms with van der Waals surface area (Å²) in [5.74, 6) is 1.90. The van der Waals surface area contributed by atoms with E-state index in [1.807, 2.05) is 6.92 Å². The molecule has 21 heavy (non-hydrogen) atoms. The van der Waals surface area contributed by atoms with E-state index < -0.39 is 0 Å². The van der Waals surface area contributed by atoms with Crippen molar-refractivity contribution in [3.63, 3.8) is 0 Å². The molecule has 1 fully saturated rings. The van der Waals surface area contributed by atoms with Gasteiger partial charge in [-0.25, -0.2) is 4.98 Å². The molecule has 0 spiro atoms. The molecule has 0 N–H and O–H groups in total. The molecule has 3 heteroatoms. The Morgan fingerprint density at radius 2 is 1.95 bits per heavy atom. The minimum absolute atomic E-state index is 0.661. The summed E-state index contributed by atoms with van der Waals surface area (Å²) in [4.78, 5) is 9.43. The van der Waals surface area contributed by atoms with E-state index in [1.54, 1.807) is 0 Å². The Labute approximate surface area is 124 Å². The SMILES string of the molecule is Cc1ccc2cc(-c3cn(C)c(C4CCC4)n3)ccc2n1. The summed E-state index contributed by atoms with van der Waals surface area (Å²) in [5.41, 5.74) is 4.35. The predicted octanol–water partition coefficient (Wildman–Crippen LogP) is 4.21. The molecule has 0 unspecified atom stereocenters. The van der Waals surface area contributed by atoms with Crippen molar-refractivity contribution in [2.24, 2.45) is 7.05 Å². The van der Waals surface area contributed by atoms with Crippen LogP contribution >= 0.6 is 0 Å². The van der Waals surface area contributed by atoms with Crippen LogP contribution < -0.4 is 0 Å². The molecule has 1 saturated carbocycles. The van der Waals surface area contributed by atoms with Crippen LogP contribution in [0.2, 0.25) is 0 Å². The summed E-state index contributed by atoms with van der Waals surface area (Å²) in [5, 5.41) is 1.17. The van der Waals surface area contributed by atoms with E-state index >= 15 is 0 Å². The topological polar surface area (TPSA) is 30.7 Å². The maximum atomic E-state index is 4.87.